The average molecular weight is 236 g/mol. The van der Waals surface area contributed by atoms with Crippen LogP contribution in [-0.4, -0.2) is 22.6 Å². The molecule has 0 aromatic carbocycles. The molecule has 94 valence electrons. The molecule has 5 heteroatoms. The highest BCUT2D eigenvalue weighted by molar-refractivity contribution is 5.78. The number of amides is 1. The van der Waals surface area contributed by atoms with E-state index in [2.05, 4.69) is 15.5 Å². The maximum Gasteiger partial charge on any atom is 0.223 e. The second-order valence-corrected chi connectivity index (χ2v) is 4.75. The zero-order valence-electron chi connectivity index (χ0n) is 9.98. The molecule has 1 saturated carbocycles. The first kappa shape index (κ1) is 12.1. The largest absolute Gasteiger partial charge is 0.350 e. The molecule has 0 unspecified atom stereocenters. The maximum absolute atomic E-state index is 11.9. The highest BCUT2D eigenvalue weighted by atomic mass is 16.1. The van der Waals surface area contributed by atoms with Gasteiger partial charge in [0.1, 0.15) is 0 Å². The summed E-state index contributed by atoms with van der Waals surface area (Å²) in [5.74, 6) is 0.947. The summed E-state index contributed by atoms with van der Waals surface area (Å²) in [6.07, 6.45) is 5.79. The molecule has 1 amide bonds. The van der Waals surface area contributed by atoms with E-state index < -0.39 is 0 Å². The van der Waals surface area contributed by atoms with Gasteiger partial charge in [-0.25, -0.2) is 0 Å². The SMILES string of the molecule is NCC1CCC(C(=O)NCc2ccn[nH]2)CC1. The van der Waals surface area contributed by atoms with E-state index in [0.29, 0.717) is 12.5 Å². The molecule has 0 aliphatic heterocycles. The van der Waals surface area contributed by atoms with Crippen LogP contribution in [0, 0.1) is 11.8 Å². The first-order chi connectivity index (χ1) is 8.29. The van der Waals surface area contributed by atoms with E-state index in [1.165, 1.54) is 0 Å². The molecule has 0 bridgehead atoms. The van der Waals surface area contributed by atoms with Crippen molar-refractivity contribution in [3.63, 3.8) is 0 Å². The van der Waals surface area contributed by atoms with Crippen molar-refractivity contribution >= 4 is 5.91 Å². The summed E-state index contributed by atoms with van der Waals surface area (Å²) in [6, 6.07) is 1.87. The van der Waals surface area contributed by atoms with E-state index in [-0.39, 0.29) is 11.8 Å². The van der Waals surface area contributed by atoms with Crippen LogP contribution in [0.3, 0.4) is 0 Å². The van der Waals surface area contributed by atoms with E-state index in [4.69, 9.17) is 5.73 Å². The molecule has 0 saturated heterocycles. The molecule has 1 aliphatic rings. The van der Waals surface area contributed by atoms with E-state index in [0.717, 1.165) is 37.9 Å². The van der Waals surface area contributed by atoms with Gasteiger partial charge < -0.3 is 11.1 Å². The number of hydrogen-bond acceptors (Lipinski definition) is 3. The standard InChI is InChI=1S/C12H20N4O/c13-7-9-1-3-10(4-2-9)12(17)14-8-11-5-6-15-16-11/h5-6,9-10H,1-4,7-8,13H2,(H,14,17)(H,15,16). The molecular formula is C12H20N4O. The van der Waals surface area contributed by atoms with Crippen molar-refractivity contribution in [3.8, 4) is 0 Å². The van der Waals surface area contributed by atoms with Crippen molar-refractivity contribution in [2.75, 3.05) is 6.54 Å². The normalized spacial score (nSPS) is 24.5. The van der Waals surface area contributed by atoms with Crippen molar-refractivity contribution in [3.05, 3.63) is 18.0 Å². The first-order valence-electron chi connectivity index (χ1n) is 6.25. The van der Waals surface area contributed by atoms with Gasteiger partial charge in [-0.1, -0.05) is 0 Å². The van der Waals surface area contributed by atoms with Gasteiger partial charge in [-0.2, -0.15) is 5.10 Å². The summed E-state index contributed by atoms with van der Waals surface area (Å²) in [5.41, 5.74) is 6.57. The molecule has 1 aromatic rings. The molecule has 17 heavy (non-hydrogen) atoms. The predicted molar refractivity (Wildman–Crippen MR) is 64.9 cm³/mol. The zero-order chi connectivity index (χ0) is 12.1. The Bertz CT molecular complexity index is 341. The molecule has 0 radical (unpaired) electrons. The van der Waals surface area contributed by atoms with Crippen LogP contribution >= 0.6 is 0 Å². The fraction of sp³-hybridized carbons (Fsp3) is 0.667. The van der Waals surface area contributed by atoms with Gasteiger partial charge >= 0.3 is 0 Å². The first-order valence-corrected chi connectivity index (χ1v) is 6.25. The summed E-state index contributed by atoms with van der Waals surface area (Å²) in [5, 5.41) is 9.62. The van der Waals surface area contributed by atoms with Crippen molar-refractivity contribution in [2.24, 2.45) is 17.6 Å². The number of nitrogens with zero attached hydrogens (tertiary/aromatic N) is 1. The molecule has 0 spiro atoms. The lowest BCUT2D eigenvalue weighted by atomic mass is 9.81. The molecule has 2 rings (SSSR count). The number of aromatic nitrogens is 2. The Hall–Kier alpha value is -1.36. The smallest absolute Gasteiger partial charge is 0.223 e. The quantitative estimate of drug-likeness (QED) is 0.722. The predicted octanol–water partition coefficient (Wildman–Crippen LogP) is 0.791. The van der Waals surface area contributed by atoms with Gasteiger partial charge in [0.2, 0.25) is 5.91 Å². The van der Waals surface area contributed by atoms with Crippen LogP contribution in [0.25, 0.3) is 0 Å². The van der Waals surface area contributed by atoms with Crippen LogP contribution in [0.15, 0.2) is 12.3 Å². The Morgan fingerprint density at radius 2 is 2.24 bits per heavy atom. The Morgan fingerprint density at radius 1 is 1.47 bits per heavy atom. The fourth-order valence-electron chi connectivity index (χ4n) is 2.37. The number of H-pyrrole nitrogens is 1. The van der Waals surface area contributed by atoms with Gasteiger partial charge in [-0.3, -0.25) is 9.89 Å². The Kier molecular flexibility index (Phi) is 4.14. The molecule has 5 nitrogen and oxygen atoms in total. The van der Waals surface area contributed by atoms with Gasteiger partial charge in [-0.05, 0) is 44.2 Å². The Balaban J connectivity index is 1.73. The summed E-state index contributed by atoms with van der Waals surface area (Å²) < 4.78 is 0. The third-order valence-corrected chi connectivity index (χ3v) is 3.56. The molecule has 1 aromatic heterocycles. The monoisotopic (exact) mass is 236 g/mol. The molecule has 4 N–H and O–H groups in total. The van der Waals surface area contributed by atoms with Crippen molar-refractivity contribution in [1.82, 2.24) is 15.5 Å². The number of aromatic amines is 1. The number of carbonyl (C=O) groups is 1. The molecule has 1 fully saturated rings. The van der Waals surface area contributed by atoms with E-state index >= 15 is 0 Å². The zero-order valence-corrected chi connectivity index (χ0v) is 9.98. The van der Waals surface area contributed by atoms with Crippen molar-refractivity contribution in [2.45, 2.75) is 32.2 Å². The lowest BCUT2D eigenvalue weighted by Crippen LogP contribution is -2.34. The maximum atomic E-state index is 11.9. The summed E-state index contributed by atoms with van der Waals surface area (Å²) in [6.45, 7) is 1.29. The van der Waals surface area contributed by atoms with E-state index in [9.17, 15) is 4.79 Å². The van der Waals surface area contributed by atoms with Crippen LogP contribution in [0.1, 0.15) is 31.4 Å². The minimum absolute atomic E-state index is 0.162. The minimum atomic E-state index is 0.162. The number of rotatable bonds is 4. The minimum Gasteiger partial charge on any atom is -0.350 e. The summed E-state index contributed by atoms with van der Waals surface area (Å²) in [7, 11) is 0. The van der Waals surface area contributed by atoms with Gasteiger partial charge in [0, 0.05) is 12.1 Å². The van der Waals surface area contributed by atoms with Crippen molar-refractivity contribution in [1.29, 1.82) is 0 Å². The molecule has 1 aliphatic carbocycles. The van der Waals surface area contributed by atoms with E-state index in [1.54, 1.807) is 6.20 Å². The molecular weight excluding hydrogens is 216 g/mol. The summed E-state index contributed by atoms with van der Waals surface area (Å²) >= 11 is 0. The van der Waals surface area contributed by atoms with Crippen LogP contribution in [-0.2, 0) is 11.3 Å². The van der Waals surface area contributed by atoms with Crippen LogP contribution in [0.2, 0.25) is 0 Å². The third-order valence-electron chi connectivity index (χ3n) is 3.56. The van der Waals surface area contributed by atoms with Gasteiger partial charge in [0.05, 0.1) is 12.2 Å². The fourth-order valence-corrected chi connectivity index (χ4v) is 2.37. The van der Waals surface area contributed by atoms with Crippen molar-refractivity contribution < 1.29 is 4.79 Å². The van der Waals surface area contributed by atoms with Gasteiger partial charge in [-0.15, -0.1) is 0 Å². The lowest BCUT2D eigenvalue weighted by Gasteiger charge is -2.26. The summed E-state index contributed by atoms with van der Waals surface area (Å²) in [4.78, 5) is 11.9. The average Bonchev–Trinajstić information content (AvgIpc) is 2.89. The number of carbonyl (C=O) groups excluding carboxylic acids is 1. The molecule has 1 heterocycles. The highest BCUT2D eigenvalue weighted by Gasteiger charge is 2.25. The lowest BCUT2D eigenvalue weighted by molar-refractivity contribution is -0.126. The topological polar surface area (TPSA) is 83.8 Å². The number of nitrogens with one attached hydrogen (secondary N) is 2. The van der Waals surface area contributed by atoms with Crippen LogP contribution in [0.4, 0.5) is 0 Å². The van der Waals surface area contributed by atoms with Gasteiger partial charge in [0.25, 0.3) is 0 Å². The van der Waals surface area contributed by atoms with Crippen LogP contribution < -0.4 is 11.1 Å². The second kappa shape index (κ2) is 5.82. The van der Waals surface area contributed by atoms with Gasteiger partial charge in [0.15, 0.2) is 0 Å². The van der Waals surface area contributed by atoms with E-state index in [1.807, 2.05) is 6.07 Å². The second-order valence-electron chi connectivity index (χ2n) is 4.75. The number of nitrogens with two attached hydrogens (primary N) is 1. The Morgan fingerprint density at radius 3 is 2.82 bits per heavy atom. The third kappa shape index (κ3) is 3.30. The van der Waals surface area contributed by atoms with Crippen LogP contribution in [0.5, 0.6) is 0 Å². The number of hydrogen-bond donors (Lipinski definition) is 3. The Labute approximate surface area is 101 Å². The molecule has 0 atom stereocenters. The highest BCUT2D eigenvalue weighted by Crippen LogP contribution is 2.28.